The molecule has 86 valence electrons. The third kappa shape index (κ3) is 10.0. The van der Waals surface area contributed by atoms with Crippen LogP contribution in [0.3, 0.4) is 0 Å². The SMILES string of the molecule is CCCCCCCCCN(C)CNC. The molecule has 0 rings (SSSR count). The van der Waals surface area contributed by atoms with Crippen LogP contribution in [0.4, 0.5) is 0 Å². The molecule has 0 aromatic rings. The second-order valence-electron chi connectivity index (χ2n) is 4.21. The molecule has 2 heteroatoms. The van der Waals surface area contributed by atoms with Crippen molar-refractivity contribution in [1.29, 1.82) is 0 Å². The molecule has 0 radical (unpaired) electrons. The molecule has 0 bridgehead atoms. The Morgan fingerprint density at radius 1 is 0.929 bits per heavy atom. The predicted molar refractivity (Wildman–Crippen MR) is 64.5 cm³/mol. The molecule has 0 unspecified atom stereocenters. The lowest BCUT2D eigenvalue weighted by atomic mass is 10.1. The van der Waals surface area contributed by atoms with Gasteiger partial charge in [0.15, 0.2) is 0 Å². The van der Waals surface area contributed by atoms with Gasteiger partial charge >= 0.3 is 0 Å². The minimum Gasteiger partial charge on any atom is -0.307 e. The van der Waals surface area contributed by atoms with Crippen molar-refractivity contribution in [2.24, 2.45) is 0 Å². The van der Waals surface area contributed by atoms with Gasteiger partial charge in [0.1, 0.15) is 0 Å². The second kappa shape index (κ2) is 11.0. The third-order valence-electron chi connectivity index (χ3n) is 2.57. The first-order valence-corrected chi connectivity index (χ1v) is 6.14. The van der Waals surface area contributed by atoms with Gasteiger partial charge in [-0.25, -0.2) is 0 Å². The molecule has 0 aromatic carbocycles. The molecule has 1 N–H and O–H groups in total. The largest absolute Gasteiger partial charge is 0.307 e. The second-order valence-corrected chi connectivity index (χ2v) is 4.21. The van der Waals surface area contributed by atoms with Crippen LogP contribution in [-0.4, -0.2) is 32.2 Å². The highest BCUT2D eigenvalue weighted by Crippen LogP contribution is 2.06. The zero-order chi connectivity index (χ0) is 10.6. The summed E-state index contributed by atoms with van der Waals surface area (Å²) in [6, 6.07) is 0. The number of nitrogens with one attached hydrogen (secondary N) is 1. The van der Waals surface area contributed by atoms with E-state index in [0.29, 0.717) is 0 Å². The van der Waals surface area contributed by atoms with Crippen LogP contribution in [0.25, 0.3) is 0 Å². The van der Waals surface area contributed by atoms with Gasteiger partial charge in [-0.05, 0) is 27.1 Å². The predicted octanol–water partition coefficient (Wildman–Crippen LogP) is 2.85. The first-order valence-electron chi connectivity index (χ1n) is 6.14. The summed E-state index contributed by atoms with van der Waals surface area (Å²) < 4.78 is 0. The summed E-state index contributed by atoms with van der Waals surface area (Å²) >= 11 is 0. The molecule has 0 atom stereocenters. The van der Waals surface area contributed by atoms with Crippen LogP contribution in [0.1, 0.15) is 51.9 Å². The molecule has 0 fully saturated rings. The van der Waals surface area contributed by atoms with Crippen LogP contribution >= 0.6 is 0 Å². The van der Waals surface area contributed by atoms with Crippen molar-refractivity contribution in [3.8, 4) is 0 Å². The lowest BCUT2D eigenvalue weighted by Gasteiger charge is -2.15. The van der Waals surface area contributed by atoms with Crippen molar-refractivity contribution < 1.29 is 0 Å². The van der Waals surface area contributed by atoms with E-state index in [0.717, 1.165) is 6.67 Å². The summed E-state index contributed by atoms with van der Waals surface area (Å²) in [4.78, 5) is 2.34. The highest BCUT2D eigenvalue weighted by Gasteiger charge is 1.95. The van der Waals surface area contributed by atoms with Gasteiger partial charge in [-0.1, -0.05) is 45.4 Å². The average Bonchev–Trinajstić information content (AvgIpc) is 2.17. The number of hydrogen-bond acceptors (Lipinski definition) is 2. The Balaban J connectivity index is 2.98. The van der Waals surface area contributed by atoms with Gasteiger partial charge in [0.25, 0.3) is 0 Å². The number of hydrogen-bond donors (Lipinski definition) is 1. The molecule has 0 aliphatic heterocycles. The monoisotopic (exact) mass is 200 g/mol. The molecule has 0 heterocycles. The Hall–Kier alpha value is -0.0800. The molecule has 0 aromatic heterocycles. The summed E-state index contributed by atoms with van der Waals surface area (Å²) in [5, 5.41) is 3.16. The minimum absolute atomic E-state index is 1.01. The van der Waals surface area contributed by atoms with Gasteiger partial charge in [0.2, 0.25) is 0 Å². The van der Waals surface area contributed by atoms with Crippen LogP contribution in [0.15, 0.2) is 0 Å². The molecule has 0 spiro atoms. The molecule has 0 amide bonds. The molecule has 2 nitrogen and oxygen atoms in total. The Labute approximate surface area is 90.1 Å². The van der Waals surface area contributed by atoms with E-state index in [1.165, 1.54) is 51.5 Å². The van der Waals surface area contributed by atoms with Gasteiger partial charge in [0.05, 0.1) is 0 Å². The fourth-order valence-electron chi connectivity index (χ4n) is 1.69. The zero-order valence-electron chi connectivity index (χ0n) is 10.3. The molecule has 0 aliphatic rings. The topological polar surface area (TPSA) is 15.3 Å². The molecule has 14 heavy (non-hydrogen) atoms. The lowest BCUT2D eigenvalue weighted by Crippen LogP contribution is -2.29. The molecule has 0 aliphatic carbocycles. The van der Waals surface area contributed by atoms with Crippen molar-refractivity contribution in [1.82, 2.24) is 10.2 Å². The maximum atomic E-state index is 3.16. The summed E-state index contributed by atoms with van der Waals surface area (Å²) in [6.07, 6.45) is 9.81. The fraction of sp³-hybridized carbons (Fsp3) is 1.00. The maximum Gasteiger partial charge on any atom is 0.0475 e. The van der Waals surface area contributed by atoms with Gasteiger partial charge < -0.3 is 5.32 Å². The average molecular weight is 200 g/mol. The van der Waals surface area contributed by atoms with E-state index < -0.39 is 0 Å². The van der Waals surface area contributed by atoms with Crippen LogP contribution in [0, 0.1) is 0 Å². The van der Waals surface area contributed by atoms with E-state index >= 15 is 0 Å². The van der Waals surface area contributed by atoms with Crippen LogP contribution < -0.4 is 5.32 Å². The van der Waals surface area contributed by atoms with Gasteiger partial charge in [0, 0.05) is 6.67 Å². The maximum absolute atomic E-state index is 3.16. The van der Waals surface area contributed by atoms with E-state index in [2.05, 4.69) is 24.2 Å². The molecular weight excluding hydrogens is 172 g/mol. The Morgan fingerprint density at radius 3 is 2.07 bits per heavy atom. The quantitative estimate of drug-likeness (QED) is 0.431. The highest BCUT2D eigenvalue weighted by atomic mass is 15.2. The van der Waals surface area contributed by atoms with Crippen LogP contribution in [-0.2, 0) is 0 Å². The molecule has 0 saturated heterocycles. The fourth-order valence-corrected chi connectivity index (χ4v) is 1.69. The zero-order valence-corrected chi connectivity index (χ0v) is 10.3. The Kier molecular flexibility index (Phi) is 10.9. The summed E-state index contributed by atoms with van der Waals surface area (Å²) in [5.41, 5.74) is 0. The Bertz CT molecular complexity index is 104. The smallest absolute Gasteiger partial charge is 0.0475 e. The first kappa shape index (κ1) is 13.9. The third-order valence-corrected chi connectivity index (χ3v) is 2.57. The molecular formula is C12H28N2. The van der Waals surface area contributed by atoms with E-state index in [9.17, 15) is 0 Å². The first-order chi connectivity index (χ1) is 6.81. The van der Waals surface area contributed by atoms with Crippen molar-refractivity contribution in [2.75, 3.05) is 27.3 Å². The van der Waals surface area contributed by atoms with Crippen molar-refractivity contribution in [3.63, 3.8) is 0 Å². The van der Waals surface area contributed by atoms with Gasteiger partial charge in [-0.3, -0.25) is 4.90 Å². The van der Waals surface area contributed by atoms with Gasteiger partial charge in [-0.15, -0.1) is 0 Å². The number of unbranched alkanes of at least 4 members (excludes halogenated alkanes) is 6. The summed E-state index contributed by atoms with van der Waals surface area (Å²) in [5.74, 6) is 0. The number of rotatable bonds is 10. The van der Waals surface area contributed by atoms with Crippen molar-refractivity contribution >= 4 is 0 Å². The van der Waals surface area contributed by atoms with Crippen molar-refractivity contribution in [3.05, 3.63) is 0 Å². The van der Waals surface area contributed by atoms with Gasteiger partial charge in [-0.2, -0.15) is 0 Å². The normalized spacial score (nSPS) is 11.1. The minimum atomic E-state index is 1.01. The van der Waals surface area contributed by atoms with Crippen LogP contribution in [0.2, 0.25) is 0 Å². The standard InChI is InChI=1S/C12H28N2/c1-4-5-6-7-8-9-10-11-14(3)12-13-2/h13H,4-12H2,1-3H3. The summed E-state index contributed by atoms with van der Waals surface area (Å²) in [6.45, 7) is 4.51. The lowest BCUT2D eigenvalue weighted by molar-refractivity contribution is 0.308. The van der Waals surface area contributed by atoms with E-state index in [1.54, 1.807) is 0 Å². The van der Waals surface area contributed by atoms with E-state index in [-0.39, 0.29) is 0 Å². The van der Waals surface area contributed by atoms with Crippen molar-refractivity contribution in [2.45, 2.75) is 51.9 Å². The highest BCUT2D eigenvalue weighted by molar-refractivity contribution is 4.50. The Morgan fingerprint density at radius 2 is 1.50 bits per heavy atom. The summed E-state index contributed by atoms with van der Waals surface area (Å²) in [7, 11) is 4.18. The van der Waals surface area contributed by atoms with E-state index in [1.807, 2.05) is 7.05 Å². The van der Waals surface area contributed by atoms with E-state index in [4.69, 9.17) is 0 Å². The molecule has 0 saturated carbocycles. The number of nitrogens with zero attached hydrogens (tertiary/aromatic N) is 1. The van der Waals surface area contributed by atoms with Crippen LogP contribution in [0.5, 0.6) is 0 Å².